The van der Waals surface area contributed by atoms with Gasteiger partial charge < -0.3 is 10.5 Å². The standard InChI is InChI=1S/C11H21NO2/c1-10(2,3)14-9(13)7-11(4,12)8-5-6-8/h8H,5-7,12H2,1-4H3/t11-/m0/s1. The summed E-state index contributed by atoms with van der Waals surface area (Å²) in [6.07, 6.45) is 2.63. The molecule has 3 nitrogen and oxygen atoms in total. The lowest BCUT2D eigenvalue weighted by Gasteiger charge is -2.26. The first-order chi connectivity index (χ1) is 6.21. The molecule has 0 radical (unpaired) electrons. The van der Waals surface area contributed by atoms with E-state index in [1.54, 1.807) is 0 Å². The van der Waals surface area contributed by atoms with Gasteiger partial charge in [0, 0.05) is 5.54 Å². The summed E-state index contributed by atoms with van der Waals surface area (Å²) in [6.45, 7) is 7.55. The molecule has 0 saturated heterocycles. The molecule has 0 aromatic heterocycles. The zero-order valence-corrected chi connectivity index (χ0v) is 9.59. The maximum absolute atomic E-state index is 11.5. The van der Waals surface area contributed by atoms with Crippen molar-refractivity contribution in [3.8, 4) is 0 Å². The number of hydrogen-bond donors (Lipinski definition) is 1. The Labute approximate surface area is 86.0 Å². The van der Waals surface area contributed by atoms with Crippen LogP contribution in [0.25, 0.3) is 0 Å². The lowest BCUT2D eigenvalue weighted by Crippen LogP contribution is -2.42. The first kappa shape index (κ1) is 11.5. The Morgan fingerprint density at radius 1 is 1.36 bits per heavy atom. The summed E-state index contributed by atoms with van der Waals surface area (Å²) >= 11 is 0. The third kappa shape index (κ3) is 3.66. The second-order valence-electron chi connectivity index (χ2n) is 5.54. The summed E-state index contributed by atoms with van der Waals surface area (Å²) in [7, 11) is 0. The summed E-state index contributed by atoms with van der Waals surface area (Å²) in [5.41, 5.74) is 5.26. The van der Waals surface area contributed by atoms with Crippen LogP contribution in [-0.4, -0.2) is 17.1 Å². The lowest BCUT2D eigenvalue weighted by molar-refractivity contribution is -0.156. The van der Waals surface area contributed by atoms with Gasteiger partial charge in [0.25, 0.3) is 0 Å². The van der Waals surface area contributed by atoms with E-state index in [4.69, 9.17) is 10.5 Å². The van der Waals surface area contributed by atoms with E-state index in [1.807, 2.05) is 27.7 Å². The normalized spacial score (nSPS) is 21.5. The van der Waals surface area contributed by atoms with Crippen molar-refractivity contribution in [3.63, 3.8) is 0 Å². The maximum atomic E-state index is 11.5. The highest BCUT2D eigenvalue weighted by Gasteiger charge is 2.40. The number of carbonyl (C=O) groups excluding carboxylic acids is 1. The van der Waals surface area contributed by atoms with Crippen LogP contribution in [0.5, 0.6) is 0 Å². The van der Waals surface area contributed by atoms with Crippen molar-refractivity contribution in [2.45, 2.75) is 58.1 Å². The smallest absolute Gasteiger partial charge is 0.308 e. The molecule has 1 aliphatic carbocycles. The summed E-state index contributed by atoms with van der Waals surface area (Å²) < 4.78 is 5.23. The van der Waals surface area contributed by atoms with Crippen molar-refractivity contribution in [1.82, 2.24) is 0 Å². The zero-order chi connectivity index (χ0) is 11.0. The molecule has 1 rings (SSSR count). The van der Waals surface area contributed by atoms with Gasteiger partial charge in [0.15, 0.2) is 0 Å². The van der Waals surface area contributed by atoms with E-state index >= 15 is 0 Å². The number of carbonyl (C=O) groups is 1. The van der Waals surface area contributed by atoms with Gasteiger partial charge in [-0.2, -0.15) is 0 Å². The summed E-state index contributed by atoms with van der Waals surface area (Å²) in [5.74, 6) is 0.324. The topological polar surface area (TPSA) is 52.3 Å². The van der Waals surface area contributed by atoms with E-state index in [-0.39, 0.29) is 11.5 Å². The van der Waals surface area contributed by atoms with Crippen molar-refractivity contribution in [2.24, 2.45) is 11.7 Å². The average Bonchev–Trinajstić information content (AvgIpc) is 2.57. The molecular weight excluding hydrogens is 178 g/mol. The van der Waals surface area contributed by atoms with Crippen molar-refractivity contribution < 1.29 is 9.53 Å². The molecule has 82 valence electrons. The summed E-state index contributed by atoms with van der Waals surface area (Å²) in [5, 5.41) is 0. The highest BCUT2D eigenvalue weighted by atomic mass is 16.6. The molecule has 0 aliphatic heterocycles. The molecule has 1 saturated carbocycles. The predicted molar refractivity (Wildman–Crippen MR) is 55.8 cm³/mol. The van der Waals surface area contributed by atoms with E-state index < -0.39 is 5.60 Å². The van der Waals surface area contributed by atoms with Crippen molar-refractivity contribution in [2.75, 3.05) is 0 Å². The molecule has 0 bridgehead atoms. The Morgan fingerprint density at radius 3 is 2.21 bits per heavy atom. The minimum Gasteiger partial charge on any atom is -0.460 e. The van der Waals surface area contributed by atoms with Gasteiger partial charge in [-0.15, -0.1) is 0 Å². The van der Waals surface area contributed by atoms with Crippen LogP contribution in [-0.2, 0) is 9.53 Å². The van der Waals surface area contributed by atoms with E-state index in [1.165, 1.54) is 0 Å². The molecule has 0 heterocycles. The molecule has 0 amide bonds. The van der Waals surface area contributed by atoms with Gasteiger partial charge in [-0.3, -0.25) is 4.79 Å². The van der Waals surface area contributed by atoms with Crippen LogP contribution >= 0.6 is 0 Å². The Hall–Kier alpha value is -0.570. The monoisotopic (exact) mass is 199 g/mol. The quantitative estimate of drug-likeness (QED) is 0.706. The molecule has 1 atom stereocenters. The third-order valence-corrected chi connectivity index (χ3v) is 2.46. The van der Waals surface area contributed by atoms with E-state index in [0.29, 0.717) is 12.3 Å². The Kier molecular flexibility index (Phi) is 2.91. The van der Waals surface area contributed by atoms with E-state index in [0.717, 1.165) is 12.8 Å². The lowest BCUT2D eigenvalue weighted by atomic mass is 9.93. The number of hydrogen-bond acceptors (Lipinski definition) is 3. The Morgan fingerprint density at radius 2 is 1.86 bits per heavy atom. The van der Waals surface area contributed by atoms with Gasteiger partial charge in [0.05, 0.1) is 6.42 Å². The maximum Gasteiger partial charge on any atom is 0.308 e. The fourth-order valence-corrected chi connectivity index (χ4v) is 1.58. The second kappa shape index (κ2) is 3.54. The number of rotatable bonds is 3. The fourth-order valence-electron chi connectivity index (χ4n) is 1.58. The second-order valence-corrected chi connectivity index (χ2v) is 5.54. The minimum absolute atomic E-state index is 0.186. The molecular formula is C11H21NO2. The van der Waals surface area contributed by atoms with Gasteiger partial charge >= 0.3 is 5.97 Å². The average molecular weight is 199 g/mol. The first-order valence-electron chi connectivity index (χ1n) is 5.21. The van der Waals surface area contributed by atoms with E-state index in [9.17, 15) is 4.79 Å². The van der Waals surface area contributed by atoms with Crippen LogP contribution in [0, 0.1) is 5.92 Å². The van der Waals surface area contributed by atoms with Crippen LogP contribution in [0.1, 0.15) is 47.0 Å². The molecule has 0 unspecified atom stereocenters. The van der Waals surface area contributed by atoms with Gasteiger partial charge in [-0.1, -0.05) is 0 Å². The zero-order valence-electron chi connectivity index (χ0n) is 9.59. The van der Waals surface area contributed by atoms with Gasteiger partial charge in [0.2, 0.25) is 0 Å². The van der Waals surface area contributed by atoms with Crippen LogP contribution in [0.4, 0.5) is 0 Å². The largest absolute Gasteiger partial charge is 0.460 e. The summed E-state index contributed by atoms with van der Waals surface area (Å²) in [4.78, 5) is 11.5. The SMILES string of the molecule is CC(C)(C)OC(=O)C[C@](C)(N)C1CC1. The van der Waals surface area contributed by atoms with Gasteiger partial charge in [-0.25, -0.2) is 0 Å². The van der Waals surface area contributed by atoms with Crippen LogP contribution in [0.15, 0.2) is 0 Å². The highest BCUT2D eigenvalue weighted by molar-refractivity contribution is 5.71. The van der Waals surface area contributed by atoms with Gasteiger partial charge in [0.1, 0.15) is 5.60 Å². The molecule has 3 heteroatoms. The van der Waals surface area contributed by atoms with Crippen LogP contribution in [0.3, 0.4) is 0 Å². The molecule has 0 aromatic rings. The number of nitrogens with two attached hydrogens (primary N) is 1. The Bertz CT molecular complexity index is 224. The predicted octanol–water partition coefficient (Wildman–Crippen LogP) is 1.85. The molecule has 0 spiro atoms. The molecule has 0 aromatic carbocycles. The van der Waals surface area contributed by atoms with Crippen LogP contribution < -0.4 is 5.73 Å². The minimum atomic E-state index is -0.406. The summed E-state index contributed by atoms with van der Waals surface area (Å²) in [6, 6.07) is 0. The van der Waals surface area contributed by atoms with Crippen molar-refractivity contribution in [3.05, 3.63) is 0 Å². The number of ether oxygens (including phenoxy) is 1. The molecule has 1 aliphatic rings. The van der Waals surface area contributed by atoms with Gasteiger partial charge in [-0.05, 0) is 46.5 Å². The van der Waals surface area contributed by atoms with Crippen molar-refractivity contribution in [1.29, 1.82) is 0 Å². The molecule has 2 N–H and O–H groups in total. The first-order valence-corrected chi connectivity index (χ1v) is 5.21. The van der Waals surface area contributed by atoms with Crippen LogP contribution in [0.2, 0.25) is 0 Å². The number of esters is 1. The molecule has 14 heavy (non-hydrogen) atoms. The third-order valence-electron chi connectivity index (χ3n) is 2.46. The fraction of sp³-hybridized carbons (Fsp3) is 0.909. The van der Waals surface area contributed by atoms with E-state index in [2.05, 4.69) is 0 Å². The Balaban J connectivity index is 2.40. The highest BCUT2D eigenvalue weighted by Crippen LogP contribution is 2.39. The molecule has 1 fully saturated rings. The van der Waals surface area contributed by atoms with Crippen molar-refractivity contribution >= 4 is 5.97 Å².